The maximum Gasteiger partial charge on any atom is 0.0464 e. The molecule has 0 bridgehead atoms. The Labute approximate surface area is 71.0 Å². The first-order valence-electron chi connectivity index (χ1n) is 4.05. The van der Waals surface area contributed by atoms with E-state index in [0.717, 1.165) is 16.1 Å². The summed E-state index contributed by atoms with van der Waals surface area (Å²) in [6.45, 7) is 6.03. The van der Waals surface area contributed by atoms with Crippen molar-refractivity contribution in [2.24, 2.45) is 0 Å². The number of aromatic nitrogens is 1. The van der Waals surface area contributed by atoms with Crippen LogP contribution < -0.4 is 10.6 Å². The summed E-state index contributed by atoms with van der Waals surface area (Å²) >= 11 is 0. The van der Waals surface area contributed by atoms with E-state index in [0.29, 0.717) is 0 Å². The number of nitrogens with one attached hydrogen (secondary N) is 1. The Hall–Kier alpha value is -1.50. The van der Waals surface area contributed by atoms with Crippen molar-refractivity contribution in [2.45, 2.75) is 6.92 Å². The first kappa shape index (κ1) is 7.17. The van der Waals surface area contributed by atoms with Crippen LogP contribution in [0.1, 0.15) is 6.92 Å². The molecule has 2 aromatic rings. The minimum absolute atomic E-state index is 1.09. The highest BCUT2D eigenvalue weighted by Gasteiger charge is 1.94. The summed E-state index contributed by atoms with van der Waals surface area (Å²) in [6.07, 6.45) is 2.04. The Kier molecular flexibility index (Phi) is 1.51. The smallest absolute Gasteiger partial charge is 0.0464 e. The van der Waals surface area contributed by atoms with Gasteiger partial charge >= 0.3 is 0 Å². The molecule has 0 saturated carbocycles. The van der Waals surface area contributed by atoms with E-state index in [1.807, 2.05) is 25.1 Å². The van der Waals surface area contributed by atoms with E-state index in [4.69, 9.17) is 0 Å². The molecule has 1 N–H and O–H groups in total. The minimum Gasteiger partial charge on any atom is -0.355 e. The monoisotopic (exact) mass is 157 g/mol. The standard InChI is InChI=1S/C11H11N/c1-3-10-8(2)9-6-4-5-7-11(9)12-10/h3-7,12H,2H2,1H3/b10-3+. The second-order valence-electron chi connectivity index (χ2n) is 2.85. The third-order valence-electron chi connectivity index (χ3n) is 2.14. The molecule has 0 atom stereocenters. The summed E-state index contributed by atoms with van der Waals surface area (Å²) < 4.78 is 0. The van der Waals surface area contributed by atoms with Crippen LogP contribution in [0, 0.1) is 0 Å². The van der Waals surface area contributed by atoms with Crippen molar-refractivity contribution in [3.63, 3.8) is 0 Å². The lowest BCUT2D eigenvalue weighted by Crippen LogP contribution is -2.19. The summed E-state index contributed by atoms with van der Waals surface area (Å²) in [5, 5.41) is 3.43. The SMILES string of the molecule is C=c1/c(=C\C)[nH]c2ccccc12. The van der Waals surface area contributed by atoms with Crippen molar-refractivity contribution in [1.82, 2.24) is 4.98 Å². The van der Waals surface area contributed by atoms with Crippen molar-refractivity contribution in [3.05, 3.63) is 34.8 Å². The Bertz CT molecular complexity index is 505. The van der Waals surface area contributed by atoms with Gasteiger partial charge in [0.1, 0.15) is 0 Å². The molecule has 0 spiro atoms. The van der Waals surface area contributed by atoms with Gasteiger partial charge in [-0.25, -0.2) is 0 Å². The minimum atomic E-state index is 1.09. The molecule has 1 aromatic carbocycles. The Morgan fingerprint density at radius 3 is 2.75 bits per heavy atom. The van der Waals surface area contributed by atoms with Gasteiger partial charge in [0.2, 0.25) is 0 Å². The van der Waals surface area contributed by atoms with E-state index >= 15 is 0 Å². The number of hydrogen-bond donors (Lipinski definition) is 1. The van der Waals surface area contributed by atoms with Gasteiger partial charge in [-0.3, -0.25) is 0 Å². The van der Waals surface area contributed by atoms with Gasteiger partial charge in [-0.2, -0.15) is 0 Å². The molecule has 0 unspecified atom stereocenters. The van der Waals surface area contributed by atoms with Gasteiger partial charge in [-0.1, -0.05) is 30.9 Å². The molecule has 2 rings (SSSR count). The van der Waals surface area contributed by atoms with E-state index in [1.54, 1.807) is 0 Å². The molecule has 0 aliphatic heterocycles. The predicted octanol–water partition coefficient (Wildman–Crippen LogP) is 1.38. The lowest BCUT2D eigenvalue weighted by Gasteiger charge is -1.84. The Morgan fingerprint density at radius 1 is 1.33 bits per heavy atom. The topological polar surface area (TPSA) is 15.8 Å². The maximum atomic E-state index is 4.02. The second-order valence-corrected chi connectivity index (χ2v) is 2.85. The van der Waals surface area contributed by atoms with Gasteiger partial charge in [-0.15, -0.1) is 0 Å². The first-order chi connectivity index (χ1) is 5.83. The highest BCUT2D eigenvalue weighted by Crippen LogP contribution is 2.02. The number of benzene rings is 1. The van der Waals surface area contributed by atoms with Crippen molar-refractivity contribution in [3.8, 4) is 0 Å². The third kappa shape index (κ3) is 0.866. The van der Waals surface area contributed by atoms with Gasteiger partial charge in [0.05, 0.1) is 0 Å². The van der Waals surface area contributed by atoms with Gasteiger partial charge in [0, 0.05) is 16.3 Å². The van der Waals surface area contributed by atoms with Crippen LogP contribution in [-0.2, 0) is 0 Å². The first-order valence-corrected chi connectivity index (χ1v) is 4.05. The molecular weight excluding hydrogens is 146 g/mol. The zero-order valence-corrected chi connectivity index (χ0v) is 7.09. The van der Waals surface area contributed by atoms with E-state index in [2.05, 4.69) is 23.7 Å². The molecular formula is C11H11N. The summed E-state index contributed by atoms with van der Waals surface area (Å²) in [6, 6.07) is 8.21. The molecule has 1 nitrogen and oxygen atoms in total. The molecule has 1 aromatic heterocycles. The predicted molar refractivity (Wildman–Crippen MR) is 53.2 cm³/mol. The molecule has 12 heavy (non-hydrogen) atoms. The Balaban J connectivity index is 3.08. The van der Waals surface area contributed by atoms with Crippen LogP contribution in [0.2, 0.25) is 0 Å². The van der Waals surface area contributed by atoms with E-state index in [1.165, 1.54) is 5.39 Å². The molecule has 0 saturated heterocycles. The summed E-state index contributed by atoms with van der Waals surface area (Å²) in [7, 11) is 0. The summed E-state index contributed by atoms with van der Waals surface area (Å²) in [5.41, 5.74) is 1.16. The second kappa shape index (κ2) is 2.52. The van der Waals surface area contributed by atoms with Crippen LogP contribution in [0.5, 0.6) is 0 Å². The highest BCUT2D eigenvalue weighted by molar-refractivity contribution is 5.80. The van der Waals surface area contributed by atoms with Gasteiger partial charge in [-0.05, 0) is 18.2 Å². The molecule has 60 valence electrons. The lowest BCUT2D eigenvalue weighted by molar-refractivity contribution is 1.35. The third-order valence-corrected chi connectivity index (χ3v) is 2.14. The molecule has 0 amide bonds. The van der Waals surface area contributed by atoms with Crippen LogP contribution >= 0.6 is 0 Å². The van der Waals surface area contributed by atoms with E-state index < -0.39 is 0 Å². The quantitative estimate of drug-likeness (QED) is 0.594. The van der Waals surface area contributed by atoms with Crippen LogP contribution in [0.3, 0.4) is 0 Å². The van der Waals surface area contributed by atoms with Crippen molar-refractivity contribution in [1.29, 1.82) is 0 Å². The van der Waals surface area contributed by atoms with Crippen LogP contribution in [0.25, 0.3) is 23.6 Å². The molecule has 1 heteroatoms. The molecule has 1 heterocycles. The van der Waals surface area contributed by atoms with Gasteiger partial charge in [0.15, 0.2) is 0 Å². The fraction of sp³-hybridized carbons (Fsp3) is 0.0909. The number of para-hydroxylation sites is 1. The lowest BCUT2D eigenvalue weighted by atomic mass is 10.2. The summed E-state index contributed by atoms with van der Waals surface area (Å²) in [5.74, 6) is 0. The van der Waals surface area contributed by atoms with E-state index in [9.17, 15) is 0 Å². The molecule has 0 aliphatic carbocycles. The van der Waals surface area contributed by atoms with Crippen LogP contribution in [0.4, 0.5) is 0 Å². The van der Waals surface area contributed by atoms with Crippen molar-refractivity contribution >= 4 is 23.6 Å². The average Bonchev–Trinajstić information content (AvgIpc) is 2.44. The fourth-order valence-corrected chi connectivity index (χ4v) is 1.47. The zero-order valence-electron chi connectivity index (χ0n) is 7.09. The fourth-order valence-electron chi connectivity index (χ4n) is 1.47. The normalized spacial score (nSPS) is 12.6. The van der Waals surface area contributed by atoms with Crippen LogP contribution in [0.15, 0.2) is 24.3 Å². The number of rotatable bonds is 0. The van der Waals surface area contributed by atoms with Crippen molar-refractivity contribution in [2.75, 3.05) is 0 Å². The highest BCUT2D eigenvalue weighted by atomic mass is 14.7. The van der Waals surface area contributed by atoms with E-state index in [-0.39, 0.29) is 0 Å². The average molecular weight is 157 g/mol. The largest absolute Gasteiger partial charge is 0.355 e. The molecule has 0 radical (unpaired) electrons. The van der Waals surface area contributed by atoms with Gasteiger partial charge < -0.3 is 4.98 Å². The zero-order chi connectivity index (χ0) is 8.55. The van der Waals surface area contributed by atoms with Crippen LogP contribution in [-0.4, -0.2) is 4.98 Å². The number of H-pyrrole nitrogens is 1. The number of fused-ring (bicyclic) bond motifs is 1. The molecule has 0 fully saturated rings. The Morgan fingerprint density at radius 2 is 2.08 bits per heavy atom. The maximum absolute atomic E-state index is 4.02. The number of hydrogen-bond acceptors (Lipinski definition) is 0. The van der Waals surface area contributed by atoms with Gasteiger partial charge in [0.25, 0.3) is 0 Å². The number of aromatic amines is 1. The molecule has 0 aliphatic rings. The summed E-state index contributed by atoms with van der Waals surface area (Å²) in [4.78, 5) is 3.30. The van der Waals surface area contributed by atoms with Crippen molar-refractivity contribution < 1.29 is 0 Å².